The van der Waals surface area contributed by atoms with E-state index in [9.17, 15) is 77.6 Å². The molecular formula is C56H81N11O18S. The number of aliphatic carboxylic acids is 2. The van der Waals surface area contributed by atoms with E-state index in [1.54, 1.807) is 45.0 Å². The summed E-state index contributed by atoms with van der Waals surface area (Å²) in [7, 11) is 0. The quantitative estimate of drug-likeness (QED) is 0.0253. The highest BCUT2D eigenvalue weighted by Gasteiger charge is 2.40. The van der Waals surface area contributed by atoms with Gasteiger partial charge in [-0.2, -0.15) is 12.6 Å². The number of carboxylic acid groups (broad SMARTS) is 2. The van der Waals surface area contributed by atoms with Crippen LogP contribution >= 0.6 is 12.6 Å². The van der Waals surface area contributed by atoms with Gasteiger partial charge in [-0.05, 0) is 66.3 Å². The number of amides is 9. The number of unbranched alkanes of at least 4 members (excludes halogenated alkanes) is 1. The number of aromatic hydroxyl groups is 1. The lowest BCUT2D eigenvalue weighted by Gasteiger charge is -2.33. The van der Waals surface area contributed by atoms with E-state index in [0.29, 0.717) is 29.5 Å². The fourth-order valence-corrected chi connectivity index (χ4v) is 9.21. The van der Waals surface area contributed by atoms with Crippen LogP contribution in [0.2, 0.25) is 0 Å². The number of nitrogens with two attached hydrogens (primary N) is 1. The van der Waals surface area contributed by atoms with Gasteiger partial charge >= 0.3 is 17.9 Å². The zero-order chi connectivity index (χ0) is 64.5. The van der Waals surface area contributed by atoms with E-state index >= 15 is 0 Å². The normalized spacial score (nSPS) is 16.7. The molecule has 29 nitrogen and oxygen atoms in total. The maximum atomic E-state index is 14.5. The van der Waals surface area contributed by atoms with Crippen molar-refractivity contribution in [2.45, 2.75) is 173 Å². The zero-order valence-electron chi connectivity index (χ0n) is 48.9. The van der Waals surface area contributed by atoms with Gasteiger partial charge in [-0.25, -0.2) is 4.79 Å². The van der Waals surface area contributed by atoms with Crippen molar-refractivity contribution in [3.63, 3.8) is 0 Å². The van der Waals surface area contributed by atoms with E-state index in [2.05, 4.69) is 66.0 Å². The number of hydrogen-bond donors (Lipinski definition) is 16. The molecule has 1 heterocycles. The highest BCUT2D eigenvalue weighted by Crippen LogP contribution is 2.28. The van der Waals surface area contributed by atoms with Crippen molar-refractivity contribution in [3.05, 3.63) is 65.2 Å². The molecule has 1 aliphatic heterocycles. The van der Waals surface area contributed by atoms with Gasteiger partial charge in [-0.3, -0.25) is 62.9 Å². The number of phenols is 1. The smallest absolute Gasteiger partial charge is 0.342 e. The van der Waals surface area contributed by atoms with Gasteiger partial charge in [-0.1, -0.05) is 90.8 Å². The molecule has 0 saturated heterocycles. The number of carbonyl (C=O) groups is 13. The van der Waals surface area contributed by atoms with Gasteiger partial charge in [0.05, 0.1) is 25.1 Å². The number of carboxylic acids is 2. The van der Waals surface area contributed by atoms with Crippen LogP contribution in [-0.4, -0.2) is 170 Å². The summed E-state index contributed by atoms with van der Waals surface area (Å²) in [6.45, 7) is 9.80. The van der Waals surface area contributed by atoms with E-state index in [-0.39, 0.29) is 37.2 Å². The van der Waals surface area contributed by atoms with Gasteiger partial charge in [0.1, 0.15) is 60.1 Å². The van der Waals surface area contributed by atoms with Crippen LogP contribution in [0.5, 0.6) is 5.75 Å². The van der Waals surface area contributed by atoms with Crippen molar-refractivity contribution in [2.75, 3.05) is 12.4 Å². The second-order valence-corrected chi connectivity index (χ2v) is 21.7. The molecule has 1 aliphatic rings. The van der Waals surface area contributed by atoms with E-state index in [0.717, 1.165) is 6.92 Å². The largest absolute Gasteiger partial charge is 0.508 e. The first-order valence-corrected chi connectivity index (χ1v) is 28.6. The number of hydroxylamine groups is 1. The molecule has 1 unspecified atom stereocenters. The predicted octanol–water partition coefficient (Wildman–Crippen LogP) is -2.27. The van der Waals surface area contributed by atoms with Crippen LogP contribution in [0.4, 0.5) is 0 Å². The number of rotatable bonds is 36. The maximum absolute atomic E-state index is 14.5. The van der Waals surface area contributed by atoms with Gasteiger partial charge in [-0.15, -0.1) is 5.48 Å². The predicted molar refractivity (Wildman–Crippen MR) is 310 cm³/mol. The summed E-state index contributed by atoms with van der Waals surface area (Å²) in [6.07, 6.45) is -0.914. The van der Waals surface area contributed by atoms with Crippen molar-refractivity contribution < 1.29 is 87.6 Å². The lowest BCUT2D eigenvalue weighted by molar-refractivity contribution is -0.158. The molecule has 16 N–H and O–H groups in total. The first kappa shape index (κ1) is 72.0. The van der Waals surface area contributed by atoms with E-state index in [1.807, 2.05) is 6.92 Å². The van der Waals surface area contributed by atoms with E-state index in [4.69, 9.17) is 15.7 Å². The highest BCUT2D eigenvalue weighted by molar-refractivity contribution is 7.80. The number of aliphatic hydroxyl groups is 1. The lowest BCUT2D eigenvalue weighted by Crippen LogP contribution is -2.61. The topological polar surface area (TPSA) is 458 Å². The minimum atomic E-state index is -1.81. The SMILES string of the molecule is CCCC[C@H](NOC(=O)[C@@H]1Cc2ccccc2C(C(=O)[C@H](CS)NC(=O)[C@H](CC)NC(=O)[C@@H](NC(=O)[C@@H](NC(=O)[C@H](CC(=O)O)NC(=O)[C@H](CCC(=O)O)NC(C)=O)C(C)C)C(C)C)N1)C(=O)N[C@@H](CO)C(=O)N[C@@H](Cc1ccc(O)cc1)C(N)=O. The summed E-state index contributed by atoms with van der Waals surface area (Å²) < 4.78 is 0. The maximum Gasteiger partial charge on any atom is 0.342 e. The second-order valence-electron chi connectivity index (χ2n) is 21.3. The molecule has 2 aromatic carbocycles. The molecule has 2 aromatic rings. The second kappa shape index (κ2) is 35.3. The zero-order valence-corrected chi connectivity index (χ0v) is 49.8. The van der Waals surface area contributed by atoms with Crippen LogP contribution in [0.25, 0.3) is 0 Å². The van der Waals surface area contributed by atoms with Gasteiger partial charge in [0, 0.05) is 25.5 Å². The number of phenolic OH excluding ortho intramolecular Hbond substituents is 1. The summed E-state index contributed by atoms with van der Waals surface area (Å²) in [5.41, 5.74) is 9.55. The number of benzene rings is 2. The fourth-order valence-electron chi connectivity index (χ4n) is 8.94. The van der Waals surface area contributed by atoms with Crippen molar-refractivity contribution in [3.8, 4) is 5.75 Å². The molecule has 0 fully saturated rings. The number of aliphatic hydroxyl groups excluding tert-OH is 1. The molecule has 474 valence electrons. The van der Waals surface area contributed by atoms with E-state index < -0.39 is 181 Å². The Morgan fingerprint density at radius 2 is 1.16 bits per heavy atom. The van der Waals surface area contributed by atoms with Crippen molar-refractivity contribution in [1.29, 1.82) is 0 Å². The molecule has 0 aliphatic carbocycles. The number of nitrogens with one attached hydrogen (secondary N) is 10. The molecule has 9 amide bonds. The number of carbonyl (C=O) groups excluding carboxylic acids is 11. The van der Waals surface area contributed by atoms with E-state index in [1.165, 1.54) is 38.1 Å². The Balaban J connectivity index is 1.74. The Morgan fingerprint density at radius 1 is 0.640 bits per heavy atom. The third-order valence-electron chi connectivity index (χ3n) is 13.8. The number of fused-ring (bicyclic) bond motifs is 1. The molecular weight excluding hydrogens is 1150 g/mol. The number of thiol groups is 1. The van der Waals surface area contributed by atoms with Crippen LogP contribution in [0.3, 0.4) is 0 Å². The molecule has 0 radical (unpaired) electrons. The monoisotopic (exact) mass is 1230 g/mol. The fraction of sp³-hybridized carbons (Fsp3) is 0.554. The summed E-state index contributed by atoms with van der Waals surface area (Å²) in [5, 5.41) is 60.9. The molecule has 30 heteroatoms. The van der Waals surface area contributed by atoms with Crippen molar-refractivity contribution >= 4 is 89.5 Å². The molecule has 0 bridgehead atoms. The summed E-state index contributed by atoms with van der Waals surface area (Å²) >= 11 is 4.36. The minimum Gasteiger partial charge on any atom is -0.508 e. The molecule has 0 saturated carbocycles. The van der Waals surface area contributed by atoms with Gasteiger partial charge < -0.3 is 73.5 Å². The van der Waals surface area contributed by atoms with Crippen LogP contribution in [0.1, 0.15) is 116 Å². The Kier molecular flexibility index (Phi) is 29.6. The Labute approximate surface area is 502 Å². The number of Topliss-reactive ketones (excluding diaryl/α,β-unsaturated/α-hetero) is 1. The Hall–Kier alpha value is -8.22. The summed E-state index contributed by atoms with van der Waals surface area (Å²) in [5.74, 6) is -14.3. The minimum absolute atomic E-state index is 0.00637. The van der Waals surface area contributed by atoms with Gasteiger partial charge in [0.25, 0.3) is 0 Å². The Morgan fingerprint density at radius 3 is 1.71 bits per heavy atom. The lowest BCUT2D eigenvalue weighted by atomic mass is 9.86. The Bertz CT molecular complexity index is 2750. The summed E-state index contributed by atoms with van der Waals surface area (Å²) in [4.78, 5) is 176. The van der Waals surface area contributed by atoms with Crippen LogP contribution in [0, 0.1) is 11.8 Å². The van der Waals surface area contributed by atoms with Gasteiger partial charge in [0.2, 0.25) is 53.2 Å². The first-order chi connectivity index (χ1) is 40.5. The third-order valence-corrected chi connectivity index (χ3v) is 14.1. The van der Waals surface area contributed by atoms with Crippen LogP contribution in [-0.2, 0) is 80.0 Å². The molecule has 86 heavy (non-hydrogen) atoms. The molecule has 0 spiro atoms. The summed E-state index contributed by atoms with van der Waals surface area (Å²) in [6, 6.07) is -2.81. The molecule has 0 aromatic heterocycles. The number of primary amides is 1. The third kappa shape index (κ3) is 22.7. The first-order valence-electron chi connectivity index (χ1n) is 28.0. The number of ketones is 1. The van der Waals surface area contributed by atoms with Gasteiger partial charge in [0.15, 0.2) is 5.78 Å². The molecule has 3 rings (SSSR count). The molecule has 11 atom stereocenters. The average molecular weight is 1230 g/mol. The standard InChI is InChI=1S/C56H81N11O18S/c1-8-10-15-36(51(79)63-40(25-68)53(81)61-37(48(57)76)22-30-16-18-32(70)19-17-30)67-85-56(84)39-23-31-13-11-12-14-33(31)46(59-39)47(75)41(26-86)64-49(77)34(9-2)60-54(82)44(27(3)4)66-55(83)45(28(5)6)65-52(80)38(24-43(73)74)62-50(78)35(58-29(7)69)20-21-42(71)72/h11-14,16-19,27-28,34-41,44-46,59,67-68,70,86H,8-10,15,20-26H2,1-7H3,(H2,57,76)(H,58,69)(H,60,82)(H,61,81)(H,62,78)(H,63,79)(H,64,77)(H,65,80)(H,66,83)(H,71,72)(H,73,74)/t34-,35-,36-,37-,38-,39-,40-,41-,44-,45-,46?/m0/s1. The van der Waals surface area contributed by atoms with Crippen molar-refractivity contribution in [2.24, 2.45) is 17.6 Å². The van der Waals surface area contributed by atoms with Crippen molar-refractivity contribution in [1.82, 2.24) is 53.3 Å². The average Bonchev–Trinajstić information content (AvgIpc) is 1.33. The van der Waals surface area contributed by atoms with Crippen LogP contribution < -0.4 is 59.1 Å². The number of hydrogen-bond acceptors (Lipinski definition) is 19. The highest BCUT2D eigenvalue weighted by atomic mass is 32.1. The van der Waals surface area contributed by atoms with Crippen LogP contribution in [0.15, 0.2) is 48.5 Å².